The molecular formula is C13H10F6N2O4. The lowest BCUT2D eigenvalue weighted by molar-refractivity contribution is -0.312. The number of amides is 2. The molecule has 1 unspecified atom stereocenters. The fourth-order valence-corrected chi connectivity index (χ4v) is 2.12. The maximum absolute atomic E-state index is 12.6. The minimum Gasteiger partial charge on any atom is -0.467 e. The van der Waals surface area contributed by atoms with E-state index in [1.807, 2.05) is 0 Å². The Morgan fingerprint density at radius 1 is 1.24 bits per heavy atom. The van der Waals surface area contributed by atoms with Crippen LogP contribution in [0.25, 0.3) is 0 Å². The molecule has 25 heavy (non-hydrogen) atoms. The average molecular weight is 372 g/mol. The monoisotopic (exact) mass is 372 g/mol. The lowest BCUT2D eigenvalue weighted by atomic mass is 10.0. The van der Waals surface area contributed by atoms with Gasteiger partial charge in [0.1, 0.15) is 11.8 Å². The number of furan rings is 1. The SMILES string of the molecule is CC1=C(C(=O)OC(C(F)(F)F)C(F)(F)F)C(c2ccco2)NC(=O)N1. The van der Waals surface area contributed by atoms with E-state index in [-0.39, 0.29) is 11.5 Å². The molecule has 0 radical (unpaired) electrons. The Bertz CT molecular complexity index is 678. The summed E-state index contributed by atoms with van der Waals surface area (Å²) in [5, 5.41) is 4.24. The number of alkyl halides is 6. The van der Waals surface area contributed by atoms with Crippen LogP contribution < -0.4 is 10.6 Å². The average Bonchev–Trinajstić information content (AvgIpc) is 2.95. The summed E-state index contributed by atoms with van der Waals surface area (Å²) in [6.45, 7) is 1.13. The first kappa shape index (κ1) is 18.7. The van der Waals surface area contributed by atoms with Gasteiger partial charge in [-0.05, 0) is 19.1 Å². The number of rotatable bonds is 3. The zero-order valence-electron chi connectivity index (χ0n) is 12.3. The van der Waals surface area contributed by atoms with Gasteiger partial charge >= 0.3 is 24.4 Å². The standard InChI is InChI=1S/C13H10F6N2O4/c1-5-7(8(21-11(23)20-5)6-3-2-4-24-6)9(22)25-10(12(14,15)16)13(17,18)19/h2-4,8,10H,1H3,(H2,20,21,23). The molecule has 0 aliphatic carbocycles. The fourth-order valence-electron chi connectivity index (χ4n) is 2.12. The number of allylic oxidation sites excluding steroid dienone is 1. The number of hydrogen-bond acceptors (Lipinski definition) is 4. The van der Waals surface area contributed by atoms with Gasteiger partial charge in [0.15, 0.2) is 0 Å². The van der Waals surface area contributed by atoms with Gasteiger partial charge in [0, 0.05) is 5.70 Å². The lowest BCUT2D eigenvalue weighted by Crippen LogP contribution is -2.49. The van der Waals surface area contributed by atoms with Gasteiger partial charge in [-0.15, -0.1) is 0 Å². The molecule has 2 rings (SSSR count). The summed E-state index contributed by atoms with van der Waals surface area (Å²) in [7, 11) is 0. The Kier molecular flexibility index (Phi) is 4.73. The molecule has 12 heteroatoms. The maximum atomic E-state index is 12.6. The third-order valence-electron chi connectivity index (χ3n) is 3.14. The van der Waals surface area contributed by atoms with Crippen molar-refractivity contribution in [2.24, 2.45) is 0 Å². The third-order valence-corrected chi connectivity index (χ3v) is 3.14. The number of hydrogen-bond donors (Lipinski definition) is 2. The van der Waals surface area contributed by atoms with E-state index in [2.05, 4.69) is 15.4 Å². The van der Waals surface area contributed by atoms with Crippen molar-refractivity contribution in [3.63, 3.8) is 0 Å². The van der Waals surface area contributed by atoms with Crippen molar-refractivity contribution in [2.75, 3.05) is 0 Å². The summed E-state index contributed by atoms with van der Waals surface area (Å²) in [6.07, 6.45) is -14.9. The van der Waals surface area contributed by atoms with Crippen LogP contribution in [0.15, 0.2) is 34.1 Å². The Labute approximate surface area is 135 Å². The summed E-state index contributed by atoms with van der Waals surface area (Å²) in [6, 6.07) is 0.412. The van der Waals surface area contributed by atoms with Gasteiger partial charge in [0.25, 0.3) is 6.10 Å². The van der Waals surface area contributed by atoms with Crippen LogP contribution in [0.2, 0.25) is 0 Å². The molecule has 0 aromatic carbocycles. The van der Waals surface area contributed by atoms with E-state index in [9.17, 15) is 35.9 Å². The summed E-state index contributed by atoms with van der Waals surface area (Å²) in [5.41, 5.74) is -0.911. The van der Waals surface area contributed by atoms with Crippen molar-refractivity contribution in [2.45, 2.75) is 31.4 Å². The van der Waals surface area contributed by atoms with Crippen LogP contribution in [0.1, 0.15) is 18.7 Å². The predicted octanol–water partition coefficient (Wildman–Crippen LogP) is 2.94. The summed E-state index contributed by atoms with van der Waals surface area (Å²) in [5.74, 6) is -1.97. The van der Waals surface area contributed by atoms with E-state index < -0.39 is 42.1 Å². The number of ether oxygens (including phenoxy) is 1. The fraction of sp³-hybridized carbons (Fsp3) is 0.385. The molecule has 2 N–H and O–H groups in total. The quantitative estimate of drug-likeness (QED) is 0.632. The topological polar surface area (TPSA) is 80.6 Å². The molecule has 2 amide bonds. The van der Waals surface area contributed by atoms with Crippen LogP contribution in [0.5, 0.6) is 0 Å². The third kappa shape index (κ3) is 4.06. The highest BCUT2D eigenvalue weighted by molar-refractivity contribution is 5.94. The zero-order chi connectivity index (χ0) is 19.0. The van der Waals surface area contributed by atoms with E-state index >= 15 is 0 Å². The molecule has 1 aliphatic rings. The molecular weight excluding hydrogens is 362 g/mol. The number of carbonyl (C=O) groups excluding carboxylic acids is 2. The highest BCUT2D eigenvalue weighted by Crippen LogP contribution is 2.37. The summed E-state index contributed by atoms with van der Waals surface area (Å²) >= 11 is 0. The van der Waals surface area contributed by atoms with Crippen LogP contribution >= 0.6 is 0 Å². The van der Waals surface area contributed by atoms with Crippen molar-refractivity contribution >= 4 is 12.0 Å². The van der Waals surface area contributed by atoms with E-state index in [0.29, 0.717) is 0 Å². The number of nitrogens with one attached hydrogen (secondary N) is 2. The second kappa shape index (κ2) is 6.33. The van der Waals surface area contributed by atoms with Crippen molar-refractivity contribution < 1.29 is 45.1 Å². The predicted molar refractivity (Wildman–Crippen MR) is 67.8 cm³/mol. The van der Waals surface area contributed by atoms with Crippen LogP contribution in [0, 0.1) is 0 Å². The molecule has 1 atom stereocenters. The number of esters is 1. The number of carbonyl (C=O) groups is 2. The van der Waals surface area contributed by atoms with E-state index in [1.165, 1.54) is 12.1 Å². The normalized spacial score (nSPS) is 18.9. The molecule has 138 valence electrons. The van der Waals surface area contributed by atoms with Gasteiger partial charge < -0.3 is 19.8 Å². The molecule has 1 aromatic rings. The molecule has 2 heterocycles. The largest absolute Gasteiger partial charge is 0.467 e. The highest BCUT2D eigenvalue weighted by Gasteiger charge is 2.60. The van der Waals surface area contributed by atoms with Gasteiger partial charge in [-0.1, -0.05) is 0 Å². The Morgan fingerprint density at radius 3 is 2.32 bits per heavy atom. The van der Waals surface area contributed by atoms with Crippen LogP contribution in [0.3, 0.4) is 0 Å². The van der Waals surface area contributed by atoms with Crippen molar-refractivity contribution in [3.8, 4) is 0 Å². The number of halogens is 6. The van der Waals surface area contributed by atoms with Crippen LogP contribution in [-0.2, 0) is 9.53 Å². The molecule has 0 spiro atoms. The lowest BCUT2D eigenvalue weighted by Gasteiger charge is -2.29. The van der Waals surface area contributed by atoms with Crippen molar-refractivity contribution in [1.82, 2.24) is 10.6 Å². The van der Waals surface area contributed by atoms with Crippen LogP contribution in [-0.4, -0.2) is 30.5 Å². The first-order valence-electron chi connectivity index (χ1n) is 6.57. The smallest absolute Gasteiger partial charge is 0.434 e. The Morgan fingerprint density at radius 2 is 1.84 bits per heavy atom. The summed E-state index contributed by atoms with van der Waals surface area (Å²) in [4.78, 5) is 23.5. The van der Waals surface area contributed by atoms with E-state index in [4.69, 9.17) is 4.42 Å². The van der Waals surface area contributed by atoms with E-state index in [0.717, 1.165) is 13.2 Å². The van der Waals surface area contributed by atoms with Crippen molar-refractivity contribution in [1.29, 1.82) is 0 Å². The molecule has 0 bridgehead atoms. The Hall–Kier alpha value is -2.66. The van der Waals surface area contributed by atoms with Gasteiger partial charge in [0.05, 0.1) is 11.8 Å². The molecule has 0 saturated carbocycles. The second-order valence-electron chi connectivity index (χ2n) is 4.95. The highest BCUT2D eigenvalue weighted by atomic mass is 19.4. The Balaban J connectivity index is 2.37. The van der Waals surface area contributed by atoms with Crippen LogP contribution in [0.4, 0.5) is 31.1 Å². The minimum atomic E-state index is -5.85. The summed E-state index contributed by atoms with van der Waals surface area (Å²) < 4.78 is 84.0. The zero-order valence-corrected chi connectivity index (χ0v) is 12.3. The molecule has 1 aliphatic heterocycles. The van der Waals surface area contributed by atoms with Gasteiger partial charge in [-0.3, -0.25) is 0 Å². The van der Waals surface area contributed by atoms with Crippen molar-refractivity contribution in [3.05, 3.63) is 35.4 Å². The van der Waals surface area contributed by atoms with Gasteiger partial charge in [-0.2, -0.15) is 26.3 Å². The molecule has 0 saturated heterocycles. The first-order valence-corrected chi connectivity index (χ1v) is 6.57. The molecule has 1 aromatic heterocycles. The van der Waals surface area contributed by atoms with E-state index in [1.54, 1.807) is 0 Å². The van der Waals surface area contributed by atoms with Gasteiger partial charge in [0.2, 0.25) is 0 Å². The maximum Gasteiger partial charge on any atom is 0.434 e. The second-order valence-corrected chi connectivity index (χ2v) is 4.95. The molecule has 0 fully saturated rings. The van der Waals surface area contributed by atoms with Gasteiger partial charge in [-0.25, -0.2) is 9.59 Å². The number of urea groups is 1. The first-order chi connectivity index (χ1) is 11.4. The molecule has 6 nitrogen and oxygen atoms in total. The minimum absolute atomic E-state index is 0.0725.